The molecule has 0 aromatic heterocycles. The highest BCUT2D eigenvalue weighted by Crippen LogP contribution is 2.35. The van der Waals surface area contributed by atoms with E-state index in [1.807, 2.05) is 0 Å². The van der Waals surface area contributed by atoms with Crippen molar-refractivity contribution in [2.24, 2.45) is 0 Å². The van der Waals surface area contributed by atoms with E-state index in [9.17, 15) is 0 Å². The van der Waals surface area contributed by atoms with Crippen molar-refractivity contribution in [1.29, 1.82) is 0 Å². The van der Waals surface area contributed by atoms with Gasteiger partial charge in [-0.2, -0.15) is 0 Å². The Morgan fingerprint density at radius 1 is 1.11 bits per heavy atom. The summed E-state index contributed by atoms with van der Waals surface area (Å²) in [6.07, 6.45) is 6.62. The first kappa shape index (κ1) is 14.4. The molecule has 1 N–H and O–H groups in total. The monoisotopic (exact) mass is 261 g/mol. The van der Waals surface area contributed by atoms with Gasteiger partial charge in [0.15, 0.2) is 0 Å². The van der Waals surface area contributed by atoms with Gasteiger partial charge in [0, 0.05) is 6.04 Å². The zero-order chi connectivity index (χ0) is 13.8. The van der Waals surface area contributed by atoms with Crippen LogP contribution in [-0.4, -0.2) is 20.2 Å². The molecule has 2 unspecified atom stereocenters. The summed E-state index contributed by atoms with van der Waals surface area (Å²) in [7, 11) is 3.85. The molecule has 0 spiro atoms. The lowest BCUT2D eigenvalue weighted by Crippen LogP contribution is -2.26. The minimum atomic E-state index is 0.675. The van der Waals surface area contributed by atoms with Crippen molar-refractivity contribution in [1.82, 2.24) is 5.32 Å². The summed E-state index contributed by atoms with van der Waals surface area (Å²) >= 11 is 0. The Balaban J connectivity index is 2.26. The van der Waals surface area contributed by atoms with Crippen molar-refractivity contribution in [3.05, 3.63) is 28.8 Å². The van der Waals surface area contributed by atoms with E-state index in [0.29, 0.717) is 12.0 Å². The molecular weight excluding hydrogens is 234 g/mol. The van der Waals surface area contributed by atoms with Gasteiger partial charge in [-0.1, -0.05) is 18.9 Å². The molecule has 2 heteroatoms. The Kier molecular flexibility index (Phi) is 4.87. The Hall–Kier alpha value is -1.02. The lowest BCUT2D eigenvalue weighted by atomic mass is 9.86. The number of rotatable bonds is 3. The van der Waals surface area contributed by atoms with E-state index in [4.69, 9.17) is 4.74 Å². The van der Waals surface area contributed by atoms with Crippen LogP contribution in [0.3, 0.4) is 0 Å². The molecule has 1 fully saturated rings. The second-order valence-electron chi connectivity index (χ2n) is 5.88. The Labute approximate surface area is 117 Å². The van der Waals surface area contributed by atoms with Crippen LogP contribution in [0.25, 0.3) is 0 Å². The highest BCUT2D eigenvalue weighted by Gasteiger charge is 2.22. The van der Waals surface area contributed by atoms with Gasteiger partial charge >= 0.3 is 0 Å². The van der Waals surface area contributed by atoms with Crippen molar-refractivity contribution < 1.29 is 4.74 Å². The quantitative estimate of drug-likeness (QED) is 0.832. The van der Waals surface area contributed by atoms with E-state index < -0.39 is 0 Å². The number of hydrogen-bond donors (Lipinski definition) is 1. The normalized spacial score (nSPS) is 24.0. The molecule has 0 radical (unpaired) electrons. The molecule has 1 aliphatic carbocycles. The molecule has 1 aliphatic rings. The number of benzene rings is 1. The predicted molar refractivity (Wildman–Crippen MR) is 81.1 cm³/mol. The second kappa shape index (κ2) is 6.42. The van der Waals surface area contributed by atoms with Crippen molar-refractivity contribution in [3.8, 4) is 5.75 Å². The molecule has 0 saturated heterocycles. The summed E-state index contributed by atoms with van der Waals surface area (Å²) in [5.41, 5.74) is 4.16. The summed E-state index contributed by atoms with van der Waals surface area (Å²) in [5, 5.41) is 3.48. The first-order chi connectivity index (χ1) is 9.15. The van der Waals surface area contributed by atoms with Crippen molar-refractivity contribution in [3.63, 3.8) is 0 Å². The van der Waals surface area contributed by atoms with E-state index in [1.54, 1.807) is 7.11 Å². The lowest BCUT2D eigenvalue weighted by molar-refractivity contribution is 0.410. The SMILES string of the molecule is CNC1CCCCC(c2cc(C)c(OC)cc2C)C1. The molecule has 2 nitrogen and oxygen atoms in total. The van der Waals surface area contributed by atoms with Gasteiger partial charge in [0.2, 0.25) is 0 Å². The molecule has 19 heavy (non-hydrogen) atoms. The summed E-state index contributed by atoms with van der Waals surface area (Å²) < 4.78 is 5.42. The Morgan fingerprint density at radius 2 is 1.84 bits per heavy atom. The van der Waals surface area contributed by atoms with Gasteiger partial charge < -0.3 is 10.1 Å². The molecule has 1 aromatic rings. The van der Waals surface area contributed by atoms with E-state index in [-0.39, 0.29) is 0 Å². The summed E-state index contributed by atoms with van der Waals surface area (Å²) in [6, 6.07) is 5.22. The second-order valence-corrected chi connectivity index (χ2v) is 5.88. The minimum absolute atomic E-state index is 0.675. The maximum atomic E-state index is 5.42. The van der Waals surface area contributed by atoms with Crippen LogP contribution in [0.4, 0.5) is 0 Å². The summed E-state index contributed by atoms with van der Waals surface area (Å²) in [5.74, 6) is 1.71. The smallest absolute Gasteiger partial charge is 0.122 e. The average molecular weight is 261 g/mol. The molecule has 1 saturated carbocycles. The third kappa shape index (κ3) is 3.30. The molecule has 106 valence electrons. The van der Waals surface area contributed by atoms with Gasteiger partial charge in [0.1, 0.15) is 5.75 Å². The Bertz CT molecular complexity index is 428. The van der Waals surface area contributed by atoms with Crippen molar-refractivity contribution >= 4 is 0 Å². The maximum absolute atomic E-state index is 5.42. The number of aryl methyl sites for hydroxylation is 2. The first-order valence-electron chi connectivity index (χ1n) is 7.48. The van der Waals surface area contributed by atoms with Crippen LogP contribution in [0, 0.1) is 13.8 Å². The third-order valence-electron chi connectivity index (χ3n) is 4.56. The number of hydrogen-bond acceptors (Lipinski definition) is 2. The molecule has 0 aliphatic heterocycles. The molecule has 0 bridgehead atoms. The molecule has 0 amide bonds. The average Bonchev–Trinajstić information content (AvgIpc) is 2.66. The van der Waals surface area contributed by atoms with E-state index >= 15 is 0 Å². The summed E-state index contributed by atoms with van der Waals surface area (Å²) in [4.78, 5) is 0. The van der Waals surface area contributed by atoms with Crippen LogP contribution < -0.4 is 10.1 Å². The van der Waals surface area contributed by atoms with E-state index in [0.717, 1.165) is 5.75 Å². The van der Waals surface area contributed by atoms with Crippen LogP contribution in [0.1, 0.15) is 54.7 Å². The molecular formula is C17H27NO. The Morgan fingerprint density at radius 3 is 2.53 bits per heavy atom. The van der Waals surface area contributed by atoms with Crippen LogP contribution >= 0.6 is 0 Å². The van der Waals surface area contributed by atoms with Gasteiger partial charge in [-0.25, -0.2) is 0 Å². The molecule has 1 aromatic carbocycles. The lowest BCUT2D eigenvalue weighted by Gasteiger charge is -2.22. The number of methoxy groups -OCH3 is 1. The van der Waals surface area contributed by atoms with Crippen LogP contribution in [0.2, 0.25) is 0 Å². The van der Waals surface area contributed by atoms with Gasteiger partial charge in [-0.3, -0.25) is 0 Å². The van der Waals surface area contributed by atoms with Crippen molar-refractivity contribution in [2.75, 3.05) is 14.2 Å². The summed E-state index contributed by atoms with van der Waals surface area (Å²) in [6.45, 7) is 4.37. The zero-order valence-electron chi connectivity index (χ0n) is 12.8. The highest BCUT2D eigenvalue weighted by molar-refractivity contribution is 5.43. The van der Waals surface area contributed by atoms with Gasteiger partial charge in [0.05, 0.1) is 7.11 Å². The molecule has 2 rings (SSSR count). The van der Waals surface area contributed by atoms with E-state index in [2.05, 4.69) is 38.3 Å². The zero-order valence-corrected chi connectivity index (χ0v) is 12.8. The van der Waals surface area contributed by atoms with Crippen LogP contribution in [0.5, 0.6) is 5.75 Å². The van der Waals surface area contributed by atoms with Crippen molar-refractivity contribution in [2.45, 2.75) is 57.9 Å². The standard InChI is InChI=1S/C17H27NO/c1-12-10-17(19-4)13(2)9-16(12)14-7-5-6-8-15(11-14)18-3/h9-10,14-15,18H,5-8,11H2,1-4H3. The topological polar surface area (TPSA) is 21.3 Å². The third-order valence-corrected chi connectivity index (χ3v) is 4.56. The largest absolute Gasteiger partial charge is 0.496 e. The first-order valence-corrected chi connectivity index (χ1v) is 7.48. The molecule has 2 atom stereocenters. The van der Waals surface area contributed by atoms with Crippen LogP contribution in [0.15, 0.2) is 12.1 Å². The fourth-order valence-corrected chi connectivity index (χ4v) is 3.38. The van der Waals surface area contributed by atoms with Gasteiger partial charge in [-0.15, -0.1) is 0 Å². The van der Waals surface area contributed by atoms with E-state index in [1.165, 1.54) is 48.8 Å². The minimum Gasteiger partial charge on any atom is -0.496 e. The fraction of sp³-hybridized carbons (Fsp3) is 0.647. The highest BCUT2D eigenvalue weighted by atomic mass is 16.5. The predicted octanol–water partition coefficient (Wildman–Crippen LogP) is 3.95. The van der Waals surface area contributed by atoms with Crippen LogP contribution in [-0.2, 0) is 0 Å². The molecule has 0 heterocycles. The number of nitrogens with one attached hydrogen (secondary N) is 1. The van der Waals surface area contributed by atoms with Gasteiger partial charge in [-0.05, 0) is 68.8 Å². The number of ether oxygens (including phenoxy) is 1. The van der Waals surface area contributed by atoms with Gasteiger partial charge in [0.25, 0.3) is 0 Å². The fourth-order valence-electron chi connectivity index (χ4n) is 3.38. The maximum Gasteiger partial charge on any atom is 0.122 e.